The summed E-state index contributed by atoms with van der Waals surface area (Å²) in [7, 11) is 1.71. The van der Waals surface area contributed by atoms with Crippen molar-refractivity contribution in [1.29, 1.82) is 0 Å². The van der Waals surface area contributed by atoms with Gasteiger partial charge in [0.2, 0.25) is 0 Å². The lowest BCUT2D eigenvalue weighted by molar-refractivity contribution is 0.415. The largest absolute Gasteiger partial charge is 0.507 e. The first-order chi connectivity index (χ1) is 14.2. The van der Waals surface area contributed by atoms with Gasteiger partial charge in [-0.1, -0.05) is 77.3 Å². The van der Waals surface area contributed by atoms with E-state index in [2.05, 4.69) is 38.1 Å². The highest BCUT2D eigenvalue weighted by molar-refractivity contribution is 5.76. The maximum atomic E-state index is 10.6. The molecule has 0 aromatic heterocycles. The van der Waals surface area contributed by atoms with Crippen LogP contribution in [0, 0.1) is 0 Å². The Morgan fingerprint density at radius 1 is 0.655 bits per heavy atom. The quantitative estimate of drug-likeness (QED) is 0.327. The number of unbranched alkanes of at least 4 members (excludes halogenated alkanes) is 8. The minimum Gasteiger partial charge on any atom is -0.507 e. The monoisotopic (exact) mass is 396 g/mol. The highest BCUT2D eigenvalue weighted by Gasteiger charge is 2.12. The summed E-state index contributed by atoms with van der Waals surface area (Å²) in [6.07, 6.45) is 15.0. The Labute approximate surface area is 178 Å². The van der Waals surface area contributed by atoms with Crippen LogP contribution in [0.2, 0.25) is 0 Å². The third-order valence-electron chi connectivity index (χ3n) is 5.75. The van der Waals surface area contributed by atoms with Crippen LogP contribution in [-0.2, 0) is 12.8 Å². The predicted octanol–water partition coefficient (Wildman–Crippen LogP) is 8.09. The van der Waals surface area contributed by atoms with Crippen molar-refractivity contribution in [2.75, 3.05) is 7.11 Å². The number of phenolic OH excluding ortho intramolecular Hbond substituents is 1. The molecule has 29 heavy (non-hydrogen) atoms. The van der Waals surface area contributed by atoms with Crippen molar-refractivity contribution in [2.24, 2.45) is 0 Å². The van der Waals surface area contributed by atoms with E-state index < -0.39 is 0 Å². The number of hydrogen-bond donors (Lipinski definition) is 1. The van der Waals surface area contributed by atoms with Crippen LogP contribution >= 0.6 is 0 Å². The molecule has 0 fully saturated rings. The molecule has 0 atom stereocenters. The molecule has 0 heterocycles. The van der Waals surface area contributed by atoms with Crippen molar-refractivity contribution in [3.63, 3.8) is 0 Å². The number of aryl methyl sites for hydroxylation is 2. The number of aromatic hydroxyl groups is 1. The van der Waals surface area contributed by atoms with Gasteiger partial charge in [-0.05, 0) is 61.1 Å². The summed E-state index contributed by atoms with van der Waals surface area (Å²) in [5.74, 6) is 1.16. The molecule has 0 radical (unpaired) electrons. The number of methoxy groups -OCH3 is 1. The Bertz CT molecular complexity index is 720. The first kappa shape index (κ1) is 23.3. The van der Waals surface area contributed by atoms with Crippen LogP contribution in [0.25, 0.3) is 11.1 Å². The molecular formula is C27H40O2. The van der Waals surface area contributed by atoms with Gasteiger partial charge in [0, 0.05) is 11.1 Å². The third-order valence-corrected chi connectivity index (χ3v) is 5.75. The Morgan fingerprint density at radius 2 is 1.17 bits per heavy atom. The molecule has 0 aliphatic rings. The Morgan fingerprint density at radius 3 is 1.72 bits per heavy atom. The summed E-state index contributed by atoms with van der Waals surface area (Å²) in [6.45, 7) is 4.50. The Balaban J connectivity index is 2.11. The van der Waals surface area contributed by atoms with Crippen molar-refractivity contribution >= 4 is 0 Å². The van der Waals surface area contributed by atoms with E-state index in [0.717, 1.165) is 29.7 Å². The summed E-state index contributed by atoms with van der Waals surface area (Å²) >= 11 is 0. The number of ether oxygens (including phenoxy) is 1. The van der Waals surface area contributed by atoms with E-state index in [9.17, 15) is 5.11 Å². The SMILES string of the molecule is CCCCCCCc1ccc(O)c(-c2cc(CCCCCCC)ccc2OC)c1. The molecule has 0 aliphatic carbocycles. The van der Waals surface area contributed by atoms with Crippen molar-refractivity contribution in [2.45, 2.75) is 90.9 Å². The van der Waals surface area contributed by atoms with Crippen molar-refractivity contribution in [3.05, 3.63) is 47.5 Å². The van der Waals surface area contributed by atoms with Gasteiger partial charge in [0.05, 0.1) is 7.11 Å². The molecule has 0 spiro atoms. The Kier molecular flexibility index (Phi) is 10.7. The van der Waals surface area contributed by atoms with E-state index in [1.165, 1.54) is 75.3 Å². The molecule has 0 amide bonds. The number of hydrogen-bond acceptors (Lipinski definition) is 2. The average molecular weight is 397 g/mol. The standard InChI is InChI=1S/C27H40O2/c1-4-6-8-10-12-14-22-16-18-26(28)24(20-22)25-21-23(17-19-27(25)29-3)15-13-11-9-7-5-2/h16-21,28H,4-15H2,1-3H3. The number of phenols is 1. The highest BCUT2D eigenvalue weighted by Crippen LogP contribution is 2.37. The zero-order valence-corrected chi connectivity index (χ0v) is 18.8. The van der Waals surface area contributed by atoms with Crippen molar-refractivity contribution in [3.8, 4) is 22.6 Å². The fourth-order valence-electron chi connectivity index (χ4n) is 3.94. The number of rotatable bonds is 14. The van der Waals surface area contributed by atoms with E-state index in [1.54, 1.807) is 7.11 Å². The number of benzene rings is 2. The molecule has 2 nitrogen and oxygen atoms in total. The van der Waals surface area contributed by atoms with Crippen LogP contribution in [0.4, 0.5) is 0 Å². The molecule has 2 rings (SSSR count). The maximum absolute atomic E-state index is 10.6. The second-order valence-electron chi connectivity index (χ2n) is 8.21. The fourth-order valence-corrected chi connectivity index (χ4v) is 3.94. The van der Waals surface area contributed by atoms with Crippen LogP contribution in [0.5, 0.6) is 11.5 Å². The molecule has 0 saturated heterocycles. The molecule has 2 aromatic rings. The topological polar surface area (TPSA) is 29.5 Å². The van der Waals surface area contributed by atoms with Crippen LogP contribution in [-0.4, -0.2) is 12.2 Å². The van der Waals surface area contributed by atoms with Crippen LogP contribution in [0.1, 0.15) is 89.2 Å². The minimum atomic E-state index is 0.332. The van der Waals surface area contributed by atoms with Gasteiger partial charge in [0.1, 0.15) is 11.5 Å². The second kappa shape index (κ2) is 13.3. The molecular weight excluding hydrogens is 356 g/mol. The van der Waals surface area contributed by atoms with Gasteiger partial charge in [0.25, 0.3) is 0 Å². The molecule has 0 saturated carbocycles. The summed E-state index contributed by atoms with van der Waals surface area (Å²) in [5, 5.41) is 10.6. The van der Waals surface area contributed by atoms with Gasteiger partial charge < -0.3 is 9.84 Å². The Hall–Kier alpha value is -1.96. The van der Waals surface area contributed by atoms with E-state index in [1.807, 2.05) is 12.1 Å². The van der Waals surface area contributed by atoms with E-state index in [4.69, 9.17) is 4.74 Å². The predicted molar refractivity (Wildman–Crippen MR) is 125 cm³/mol. The summed E-state index contributed by atoms with van der Waals surface area (Å²) in [4.78, 5) is 0. The van der Waals surface area contributed by atoms with Gasteiger partial charge >= 0.3 is 0 Å². The minimum absolute atomic E-state index is 0.332. The lowest BCUT2D eigenvalue weighted by atomic mass is 9.95. The van der Waals surface area contributed by atoms with Crippen LogP contribution in [0.15, 0.2) is 36.4 Å². The maximum Gasteiger partial charge on any atom is 0.126 e. The molecule has 0 bridgehead atoms. The second-order valence-corrected chi connectivity index (χ2v) is 8.21. The van der Waals surface area contributed by atoms with Crippen LogP contribution in [0.3, 0.4) is 0 Å². The van der Waals surface area contributed by atoms with E-state index in [0.29, 0.717) is 5.75 Å². The molecule has 0 unspecified atom stereocenters. The van der Waals surface area contributed by atoms with Crippen molar-refractivity contribution < 1.29 is 9.84 Å². The van der Waals surface area contributed by atoms with Gasteiger partial charge in [-0.25, -0.2) is 0 Å². The zero-order valence-electron chi connectivity index (χ0n) is 18.8. The fraction of sp³-hybridized carbons (Fsp3) is 0.556. The van der Waals surface area contributed by atoms with Crippen LogP contribution < -0.4 is 4.74 Å². The van der Waals surface area contributed by atoms with E-state index >= 15 is 0 Å². The summed E-state index contributed by atoms with van der Waals surface area (Å²) < 4.78 is 5.62. The third kappa shape index (κ3) is 7.76. The summed E-state index contributed by atoms with van der Waals surface area (Å²) in [6, 6.07) is 12.5. The van der Waals surface area contributed by atoms with E-state index in [-0.39, 0.29) is 0 Å². The van der Waals surface area contributed by atoms with Gasteiger partial charge in [-0.3, -0.25) is 0 Å². The highest BCUT2D eigenvalue weighted by atomic mass is 16.5. The molecule has 1 N–H and O–H groups in total. The average Bonchev–Trinajstić information content (AvgIpc) is 2.74. The zero-order chi connectivity index (χ0) is 20.9. The van der Waals surface area contributed by atoms with Gasteiger partial charge in [0.15, 0.2) is 0 Å². The summed E-state index contributed by atoms with van der Waals surface area (Å²) in [5.41, 5.74) is 4.51. The lowest BCUT2D eigenvalue weighted by Gasteiger charge is -2.14. The molecule has 2 heteroatoms. The lowest BCUT2D eigenvalue weighted by Crippen LogP contribution is -1.94. The smallest absolute Gasteiger partial charge is 0.126 e. The molecule has 2 aromatic carbocycles. The normalized spacial score (nSPS) is 11.0. The van der Waals surface area contributed by atoms with Gasteiger partial charge in [-0.2, -0.15) is 0 Å². The first-order valence-corrected chi connectivity index (χ1v) is 11.7. The van der Waals surface area contributed by atoms with Crippen molar-refractivity contribution in [1.82, 2.24) is 0 Å². The molecule has 0 aliphatic heterocycles. The first-order valence-electron chi connectivity index (χ1n) is 11.7. The van der Waals surface area contributed by atoms with Gasteiger partial charge in [-0.15, -0.1) is 0 Å². The molecule has 160 valence electrons.